The number of hydrogen-bond donors (Lipinski definition) is 0. The Balaban J connectivity index is 3.28. The molecule has 0 atom stereocenters. The fourth-order valence-electron chi connectivity index (χ4n) is 1.25. The summed E-state index contributed by atoms with van der Waals surface area (Å²) in [6.07, 6.45) is 1.87. The van der Waals surface area contributed by atoms with Gasteiger partial charge in [0.2, 0.25) is 0 Å². The van der Waals surface area contributed by atoms with Crippen LogP contribution in [-0.2, 0) is 9.84 Å². The van der Waals surface area contributed by atoms with Gasteiger partial charge in [-0.15, -0.1) is 6.58 Å². The van der Waals surface area contributed by atoms with Crippen molar-refractivity contribution >= 4 is 16.1 Å². The average Bonchev–Trinajstić information content (AvgIpc) is 2.28. The van der Waals surface area contributed by atoms with E-state index in [9.17, 15) is 13.2 Å². The van der Waals surface area contributed by atoms with E-state index >= 15 is 0 Å². The Morgan fingerprint density at radius 2 is 2.12 bits per heavy atom. The van der Waals surface area contributed by atoms with Gasteiger partial charge in [0, 0.05) is 0 Å². The summed E-state index contributed by atoms with van der Waals surface area (Å²) in [5.41, 5.74) is 0.215. The second-order valence-electron chi connectivity index (χ2n) is 3.09. The summed E-state index contributed by atoms with van der Waals surface area (Å²) >= 11 is 0. The highest BCUT2D eigenvalue weighted by molar-refractivity contribution is 7.91. The number of aldehydes is 1. The number of benzene rings is 1. The molecule has 0 radical (unpaired) electrons. The lowest BCUT2D eigenvalue weighted by Gasteiger charge is -2.06. The summed E-state index contributed by atoms with van der Waals surface area (Å²) in [5, 5.41) is 0. The van der Waals surface area contributed by atoms with Gasteiger partial charge in [-0.1, -0.05) is 6.08 Å². The molecule has 0 spiro atoms. The average molecular weight is 240 g/mol. The third kappa shape index (κ3) is 2.49. The van der Waals surface area contributed by atoms with E-state index in [1.54, 1.807) is 0 Å². The van der Waals surface area contributed by atoms with E-state index in [0.717, 1.165) is 0 Å². The molecule has 0 fully saturated rings. The molecule has 4 nitrogen and oxygen atoms in total. The first-order valence-electron chi connectivity index (χ1n) is 4.52. The molecule has 0 N–H and O–H groups in total. The Labute approximate surface area is 94.5 Å². The number of carbonyl (C=O) groups excluding carboxylic acids is 1. The maximum atomic E-state index is 11.7. The molecule has 0 amide bonds. The molecule has 0 aliphatic heterocycles. The first-order valence-corrected chi connectivity index (χ1v) is 6.17. The lowest BCUT2D eigenvalue weighted by molar-refractivity contribution is 0.112. The number of hydrogen-bond acceptors (Lipinski definition) is 4. The van der Waals surface area contributed by atoms with Crippen LogP contribution in [0.2, 0.25) is 0 Å². The van der Waals surface area contributed by atoms with Crippen LogP contribution in [0, 0.1) is 0 Å². The Bertz CT molecular complexity index is 503. The van der Waals surface area contributed by atoms with Crippen molar-refractivity contribution in [3.8, 4) is 5.75 Å². The second kappa shape index (κ2) is 4.94. The predicted octanol–water partition coefficient (Wildman–Crippen LogP) is 1.47. The Hall–Kier alpha value is -1.62. The van der Waals surface area contributed by atoms with Crippen LogP contribution in [0.1, 0.15) is 10.4 Å². The molecule has 86 valence electrons. The van der Waals surface area contributed by atoms with Gasteiger partial charge < -0.3 is 4.74 Å². The lowest BCUT2D eigenvalue weighted by atomic mass is 10.2. The second-order valence-corrected chi connectivity index (χ2v) is 5.13. The maximum absolute atomic E-state index is 11.7. The van der Waals surface area contributed by atoms with Gasteiger partial charge in [0.15, 0.2) is 16.1 Å². The Kier molecular flexibility index (Phi) is 3.84. The van der Waals surface area contributed by atoms with Crippen molar-refractivity contribution < 1.29 is 17.9 Å². The van der Waals surface area contributed by atoms with Crippen molar-refractivity contribution in [1.82, 2.24) is 0 Å². The number of ether oxygens (including phenoxy) is 1. The summed E-state index contributed by atoms with van der Waals surface area (Å²) < 4.78 is 28.3. The summed E-state index contributed by atoms with van der Waals surface area (Å²) in [5.74, 6) is 0.199. The quantitative estimate of drug-likeness (QED) is 0.577. The normalized spacial score (nSPS) is 10.8. The molecule has 1 aromatic carbocycles. The first-order chi connectivity index (χ1) is 7.55. The van der Waals surface area contributed by atoms with Crippen LogP contribution in [0.15, 0.2) is 35.7 Å². The summed E-state index contributed by atoms with van der Waals surface area (Å²) in [7, 11) is -1.98. The number of methoxy groups -OCH3 is 1. The van der Waals surface area contributed by atoms with Gasteiger partial charge in [-0.2, -0.15) is 0 Å². The highest BCUT2D eigenvalue weighted by atomic mass is 32.2. The van der Waals surface area contributed by atoms with Crippen LogP contribution in [0.5, 0.6) is 5.75 Å². The zero-order valence-electron chi connectivity index (χ0n) is 8.84. The molecule has 0 saturated heterocycles. The van der Waals surface area contributed by atoms with Gasteiger partial charge in [-0.3, -0.25) is 4.79 Å². The smallest absolute Gasteiger partial charge is 0.181 e. The zero-order chi connectivity index (χ0) is 12.2. The van der Waals surface area contributed by atoms with Crippen LogP contribution in [0.4, 0.5) is 0 Å². The number of carbonyl (C=O) groups is 1. The van der Waals surface area contributed by atoms with Gasteiger partial charge in [0.1, 0.15) is 5.75 Å². The van der Waals surface area contributed by atoms with Crippen molar-refractivity contribution in [3.05, 3.63) is 36.4 Å². The van der Waals surface area contributed by atoms with Gasteiger partial charge in [-0.25, -0.2) is 8.42 Å². The summed E-state index contributed by atoms with van der Waals surface area (Å²) in [4.78, 5) is 10.8. The van der Waals surface area contributed by atoms with E-state index in [-0.39, 0.29) is 16.2 Å². The molecule has 0 aliphatic rings. The SMILES string of the molecule is C=CCS(=O)(=O)c1ccc(OC)c(C=O)c1. The van der Waals surface area contributed by atoms with E-state index in [0.29, 0.717) is 12.0 Å². The third-order valence-corrected chi connectivity index (χ3v) is 3.67. The van der Waals surface area contributed by atoms with Gasteiger partial charge >= 0.3 is 0 Å². The molecule has 0 saturated carbocycles. The summed E-state index contributed by atoms with van der Waals surface area (Å²) in [6.45, 7) is 3.37. The predicted molar refractivity (Wildman–Crippen MR) is 60.6 cm³/mol. The van der Waals surface area contributed by atoms with E-state index < -0.39 is 9.84 Å². The molecule has 5 heteroatoms. The highest BCUT2D eigenvalue weighted by Crippen LogP contribution is 2.21. The third-order valence-electron chi connectivity index (χ3n) is 2.02. The maximum Gasteiger partial charge on any atom is 0.181 e. The minimum atomic E-state index is -3.40. The fraction of sp³-hybridized carbons (Fsp3) is 0.182. The minimum Gasteiger partial charge on any atom is -0.496 e. The van der Waals surface area contributed by atoms with E-state index in [1.165, 1.54) is 31.4 Å². The van der Waals surface area contributed by atoms with Crippen LogP contribution in [0.25, 0.3) is 0 Å². The molecular weight excluding hydrogens is 228 g/mol. The van der Waals surface area contributed by atoms with Crippen LogP contribution in [0.3, 0.4) is 0 Å². The van der Waals surface area contributed by atoms with E-state index in [4.69, 9.17) is 4.74 Å². The lowest BCUT2D eigenvalue weighted by Crippen LogP contribution is -2.05. The van der Waals surface area contributed by atoms with Crippen molar-refractivity contribution in [2.24, 2.45) is 0 Å². The number of sulfone groups is 1. The van der Waals surface area contributed by atoms with Gasteiger partial charge in [0.25, 0.3) is 0 Å². The Morgan fingerprint density at radius 1 is 1.44 bits per heavy atom. The topological polar surface area (TPSA) is 60.4 Å². The van der Waals surface area contributed by atoms with Crippen LogP contribution in [-0.4, -0.2) is 27.6 Å². The number of rotatable bonds is 5. The zero-order valence-corrected chi connectivity index (χ0v) is 9.66. The minimum absolute atomic E-state index is 0.0929. The van der Waals surface area contributed by atoms with Crippen molar-refractivity contribution in [3.63, 3.8) is 0 Å². The molecule has 1 rings (SSSR count). The fourth-order valence-corrected chi connectivity index (χ4v) is 2.33. The molecule has 0 aliphatic carbocycles. The monoisotopic (exact) mass is 240 g/mol. The van der Waals surface area contributed by atoms with Crippen molar-refractivity contribution in [2.45, 2.75) is 4.90 Å². The largest absolute Gasteiger partial charge is 0.496 e. The molecule has 0 bridgehead atoms. The molecule has 16 heavy (non-hydrogen) atoms. The van der Waals surface area contributed by atoms with Gasteiger partial charge in [-0.05, 0) is 18.2 Å². The van der Waals surface area contributed by atoms with E-state index in [1.807, 2.05) is 0 Å². The van der Waals surface area contributed by atoms with Crippen molar-refractivity contribution in [2.75, 3.05) is 12.9 Å². The van der Waals surface area contributed by atoms with E-state index in [2.05, 4.69) is 6.58 Å². The van der Waals surface area contributed by atoms with Crippen LogP contribution >= 0.6 is 0 Å². The Morgan fingerprint density at radius 3 is 2.62 bits per heavy atom. The van der Waals surface area contributed by atoms with Crippen LogP contribution < -0.4 is 4.74 Å². The molecule has 0 aromatic heterocycles. The molecular formula is C11H12O4S. The highest BCUT2D eigenvalue weighted by Gasteiger charge is 2.14. The first kappa shape index (κ1) is 12.4. The molecule has 0 unspecified atom stereocenters. The summed E-state index contributed by atoms with van der Waals surface area (Å²) in [6, 6.07) is 4.16. The van der Waals surface area contributed by atoms with Crippen molar-refractivity contribution in [1.29, 1.82) is 0 Å². The molecule has 0 heterocycles. The molecule has 1 aromatic rings. The van der Waals surface area contributed by atoms with Gasteiger partial charge in [0.05, 0.1) is 23.3 Å². The standard InChI is InChI=1S/C11H12O4S/c1-3-6-16(13,14)10-4-5-11(15-2)9(7-10)8-12/h3-5,7-8H,1,6H2,2H3.